The summed E-state index contributed by atoms with van der Waals surface area (Å²) in [4.78, 5) is 23.5. The lowest BCUT2D eigenvalue weighted by Gasteiger charge is -2.21. The van der Waals surface area contributed by atoms with E-state index in [0.717, 1.165) is 6.42 Å². The molecule has 0 aliphatic carbocycles. The number of nitrogens with zero attached hydrogens (tertiary/aromatic N) is 2. The molecule has 1 atom stereocenters. The highest BCUT2D eigenvalue weighted by Gasteiger charge is 2.25. The number of nitro groups is 1. The van der Waals surface area contributed by atoms with E-state index in [1.807, 2.05) is 4.90 Å². The second-order valence-corrected chi connectivity index (χ2v) is 6.88. The Morgan fingerprint density at radius 3 is 2.79 bits per heavy atom. The lowest BCUT2D eigenvalue weighted by molar-refractivity contribution is -0.387. The van der Waals surface area contributed by atoms with Crippen molar-refractivity contribution in [2.75, 3.05) is 24.5 Å². The van der Waals surface area contributed by atoms with Crippen LogP contribution in [0.5, 0.6) is 0 Å². The quantitative estimate of drug-likeness (QED) is 0.673. The average molecular weight is 339 g/mol. The Kier molecular flexibility index (Phi) is 5.26. The van der Waals surface area contributed by atoms with Crippen LogP contribution in [0.3, 0.4) is 0 Å². The Morgan fingerprint density at radius 2 is 2.21 bits per heavy atom. The SMILES string of the molecule is CC(C)(C)OC(=O)NCC1CCN(c2ccc([N+](=O)[O-])c(F)c2)C1. The van der Waals surface area contributed by atoms with Gasteiger partial charge in [0.15, 0.2) is 0 Å². The van der Waals surface area contributed by atoms with Crippen molar-refractivity contribution in [1.82, 2.24) is 5.32 Å². The van der Waals surface area contributed by atoms with Crippen LogP contribution in [0, 0.1) is 21.8 Å². The van der Waals surface area contributed by atoms with E-state index in [2.05, 4.69) is 5.32 Å². The Morgan fingerprint density at radius 1 is 1.50 bits per heavy atom. The number of amides is 1. The summed E-state index contributed by atoms with van der Waals surface area (Å²) in [5.74, 6) is -0.622. The van der Waals surface area contributed by atoms with Gasteiger partial charge in [-0.15, -0.1) is 0 Å². The number of alkyl carbamates (subject to hydrolysis) is 1. The van der Waals surface area contributed by atoms with Crippen LogP contribution >= 0.6 is 0 Å². The standard InChI is InChI=1S/C16H22FN3O4/c1-16(2,3)24-15(21)18-9-11-6-7-19(10-11)12-4-5-14(20(22)23)13(17)8-12/h4-5,8,11H,6-7,9-10H2,1-3H3,(H,18,21). The summed E-state index contributed by atoms with van der Waals surface area (Å²) in [5, 5.41) is 13.4. The summed E-state index contributed by atoms with van der Waals surface area (Å²) in [6.45, 7) is 7.22. The van der Waals surface area contributed by atoms with Gasteiger partial charge in [-0.25, -0.2) is 4.79 Å². The first-order valence-electron chi connectivity index (χ1n) is 7.81. The van der Waals surface area contributed by atoms with Gasteiger partial charge in [-0.05, 0) is 39.2 Å². The first kappa shape index (κ1) is 18.0. The number of nitrogens with one attached hydrogen (secondary N) is 1. The third-order valence-corrected chi connectivity index (χ3v) is 3.71. The van der Waals surface area contributed by atoms with E-state index in [4.69, 9.17) is 4.74 Å². The van der Waals surface area contributed by atoms with E-state index in [0.29, 0.717) is 25.3 Å². The van der Waals surface area contributed by atoms with E-state index in [-0.39, 0.29) is 5.92 Å². The molecule has 0 aromatic heterocycles. The fourth-order valence-electron chi connectivity index (χ4n) is 2.62. The van der Waals surface area contributed by atoms with Crippen LogP contribution in [0.15, 0.2) is 18.2 Å². The number of nitro benzene ring substituents is 1. The molecule has 1 saturated heterocycles. The summed E-state index contributed by atoms with van der Waals surface area (Å²) in [7, 11) is 0. The molecule has 1 fully saturated rings. The first-order chi connectivity index (χ1) is 11.2. The minimum absolute atomic E-state index is 0.218. The normalized spacial score (nSPS) is 17.7. The maximum Gasteiger partial charge on any atom is 0.407 e. The number of anilines is 1. The van der Waals surface area contributed by atoms with E-state index in [9.17, 15) is 19.3 Å². The molecule has 1 N–H and O–H groups in total. The van der Waals surface area contributed by atoms with Gasteiger partial charge in [-0.1, -0.05) is 0 Å². The third-order valence-electron chi connectivity index (χ3n) is 3.71. The monoisotopic (exact) mass is 339 g/mol. The number of rotatable bonds is 4. The van der Waals surface area contributed by atoms with E-state index in [1.54, 1.807) is 26.8 Å². The van der Waals surface area contributed by atoms with Crippen molar-refractivity contribution < 1.29 is 18.8 Å². The molecule has 1 heterocycles. The van der Waals surface area contributed by atoms with Gasteiger partial charge in [-0.3, -0.25) is 10.1 Å². The van der Waals surface area contributed by atoms with Gasteiger partial charge in [0.25, 0.3) is 0 Å². The molecular formula is C16H22FN3O4. The largest absolute Gasteiger partial charge is 0.444 e. The van der Waals surface area contributed by atoms with Crippen LogP contribution in [0.2, 0.25) is 0 Å². The number of carbonyl (C=O) groups excluding carboxylic acids is 1. The molecule has 132 valence electrons. The summed E-state index contributed by atoms with van der Waals surface area (Å²) in [6, 6.07) is 3.91. The van der Waals surface area contributed by atoms with Crippen molar-refractivity contribution in [1.29, 1.82) is 0 Å². The Bertz CT molecular complexity index is 630. The van der Waals surface area contributed by atoms with Gasteiger partial charge < -0.3 is 15.0 Å². The lowest BCUT2D eigenvalue weighted by Crippen LogP contribution is -2.36. The predicted molar refractivity (Wildman–Crippen MR) is 87.6 cm³/mol. The van der Waals surface area contributed by atoms with Gasteiger partial charge in [0.1, 0.15) is 5.60 Å². The second-order valence-electron chi connectivity index (χ2n) is 6.88. The van der Waals surface area contributed by atoms with Gasteiger partial charge in [0.05, 0.1) is 4.92 Å². The fourth-order valence-corrected chi connectivity index (χ4v) is 2.62. The van der Waals surface area contributed by atoms with Crippen molar-refractivity contribution in [2.45, 2.75) is 32.8 Å². The van der Waals surface area contributed by atoms with E-state index < -0.39 is 28.1 Å². The molecule has 1 amide bonds. The molecule has 0 radical (unpaired) electrons. The van der Waals surface area contributed by atoms with Crippen molar-refractivity contribution in [3.63, 3.8) is 0 Å². The number of hydrogen-bond acceptors (Lipinski definition) is 5. The molecule has 7 nitrogen and oxygen atoms in total. The minimum Gasteiger partial charge on any atom is -0.444 e. The molecule has 1 unspecified atom stereocenters. The molecule has 24 heavy (non-hydrogen) atoms. The highest BCUT2D eigenvalue weighted by atomic mass is 19.1. The molecule has 0 bridgehead atoms. The lowest BCUT2D eigenvalue weighted by atomic mass is 10.1. The number of benzene rings is 1. The highest BCUT2D eigenvalue weighted by molar-refractivity contribution is 5.67. The zero-order chi connectivity index (χ0) is 17.9. The molecule has 1 aliphatic rings. The Labute approximate surface area is 139 Å². The number of halogens is 1. The average Bonchev–Trinajstić information content (AvgIpc) is 2.91. The first-order valence-corrected chi connectivity index (χ1v) is 7.81. The van der Waals surface area contributed by atoms with Crippen LogP contribution in [-0.4, -0.2) is 36.3 Å². The van der Waals surface area contributed by atoms with Gasteiger partial charge >= 0.3 is 11.8 Å². The van der Waals surface area contributed by atoms with Gasteiger partial charge in [-0.2, -0.15) is 4.39 Å². The topological polar surface area (TPSA) is 84.7 Å². The second kappa shape index (κ2) is 7.02. The van der Waals surface area contributed by atoms with Crippen molar-refractivity contribution in [2.24, 2.45) is 5.92 Å². The van der Waals surface area contributed by atoms with Gasteiger partial charge in [0.2, 0.25) is 5.82 Å². The molecule has 1 aromatic rings. The van der Waals surface area contributed by atoms with E-state index in [1.165, 1.54) is 12.1 Å². The molecule has 0 saturated carbocycles. The number of hydrogen-bond donors (Lipinski definition) is 1. The molecular weight excluding hydrogens is 317 g/mol. The third kappa shape index (κ3) is 4.81. The predicted octanol–water partition coefficient (Wildman–Crippen LogP) is 3.08. The van der Waals surface area contributed by atoms with E-state index >= 15 is 0 Å². The Balaban J connectivity index is 1.88. The molecule has 2 rings (SSSR count). The zero-order valence-corrected chi connectivity index (χ0v) is 14.0. The molecule has 0 spiro atoms. The molecule has 8 heteroatoms. The molecule has 1 aliphatic heterocycles. The van der Waals surface area contributed by atoms with Crippen LogP contribution in [0.1, 0.15) is 27.2 Å². The number of carbonyl (C=O) groups is 1. The summed E-state index contributed by atoms with van der Waals surface area (Å²) < 4.78 is 18.9. The Hall–Kier alpha value is -2.38. The fraction of sp³-hybridized carbons (Fsp3) is 0.562. The van der Waals surface area contributed by atoms with Crippen LogP contribution < -0.4 is 10.2 Å². The van der Waals surface area contributed by atoms with Crippen molar-refractivity contribution in [3.05, 3.63) is 34.1 Å². The van der Waals surface area contributed by atoms with Crippen molar-refractivity contribution in [3.8, 4) is 0 Å². The number of ether oxygens (including phenoxy) is 1. The van der Waals surface area contributed by atoms with Crippen LogP contribution in [0.4, 0.5) is 20.6 Å². The maximum atomic E-state index is 13.7. The van der Waals surface area contributed by atoms with Crippen LogP contribution in [-0.2, 0) is 4.74 Å². The van der Waals surface area contributed by atoms with Crippen LogP contribution in [0.25, 0.3) is 0 Å². The summed E-state index contributed by atoms with van der Waals surface area (Å²) in [5.41, 5.74) is -0.457. The van der Waals surface area contributed by atoms with Gasteiger partial charge in [0, 0.05) is 37.5 Å². The molecule has 1 aromatic carbocycles. The zero-order valence-electron chi connectivity index (χ0n) is 14.0. The maximum absolute atomic E-state index is 13.7. The summed E-state index contributed by atoms with van der Waals surface area (Å²) >= 11 is 0. The minimum atomic E-state index is -0.840. The highest BCUT2D eigenvalue weighted by Crippen LogP contribution is 2.27. The van der Waals surface area contributed by atoms with Crippen molar-refractivity contribution >= 4 is 17.5 Å². The smallest absolute Gasteiger partial charge is 0.407 e. The summed E-state index contributed by atoms with van der Waals surface area (Å²) in [6.07, 6.45) is 0.385.